The van der Waals surface area contributed by atoms with Crippen LogP contribution >= 0.6 is 11.6 Å². The van der Waals surface area contributed by atoms with Crippen LogP contribution in [0.5, 0.6) is 0 Å². The summed E-state index contributed by atoms with van der Waals surface area (Å²) >= 11 is 6.38. The molecular formula is C15H30ClN. The van der Waals surface area contributed by atoms with Crippen molar-refractivity contribution < 1.29 is 0 Å². The van der Waals surface area contributed by atoms with Crippen molar-refractivity contribution in [2.24, 2.45) is 11.8 Å². The maximum atomic E-state index is 6.38. The van der Waals surface area contributed by atoms with E-state index in [-0.39, 0.29) is 0 Å². The van der Waals surface area contributed by atoms with Crippen molar-refractivity contribution in [3.8, 4) is 0 Å². The van der Waals surface area contributed by atoms with E-state index in [2.05, 4.69) is 19.2 Å². The Balaban J connectivity index is 2.12. The van der Waals surface area contributed by atoms with Crippen LogP contribution in [-0.4, -0.2) is 18.5 Å². The number of nitrogens with one attached hydrogen (secondary N) is 1. The van der Waals surface area contributed by atoms with Gasteiger partial charge in [-0.05, 0) is 44.2 Å². The first kappa shape index (κ1) is 15.3. The second-order valence-electron chi connectivity index (χ2n) is 5.64. The van der Waals surface area contributed by atoms with Crippen molar-refractivity contribution in [1.29, 1.82) is 0 Å². The molecule has 0 aliphatic heterocycles. The van der Waals surface area contributed by atoms with E-state index in [9.17, 15) is 0 Å². The third-order valence-corrected chi connectivity index (χ3v) is 4.77. The van der Waals surface area contributed by atoms with Gasteiger partial charge in [0.1, 0.15) is 0 Å². The molecule has 0 aromatic heterocycles. The highest BCUT2D eigenvalue weighted by molar-refractivity contribution is 6.20. The Labute approximate surface area is 113 Å². The molecule has 3 unspecified atom stereocenters. The number of halogens is 1. The highest BCUT2D eigenvalue weighted by atomic mass is 35.5. The summed E-state index contributed by atoms with van der Waals surface area (Å²) in [6.07, 6.45) is 10.6. The maximum Gasteiger partial charge on any atom is 0.0376 e. The monoisotopic (exact) mass is 259 g/mol. The fraction of sp³-hybridized carbons (Fsp3) is 1.00. The molecule has 1 aliphatic rings. The van der Waals surface area contributed by atoms with Gasteiger partial charge < -0.3 is 5.32 Å². The molecule has 0 aromatic rings. The first-order chi connectivity index (χ1) is 8.27. The van der Waals surface area contributed by atoms with E-state index in [0.717, 1.165) is 12.5 Å². The summed E-state index contributed by atoms with van der Waals surface area (Å²) in [7, 11) is 0. The molecule has 1 fully saturated rings. The lowest BCUT2D eigenvalue weighted by molar-refractivity contribution is 0.330. The number of hydrogen-bond donors (Lipinski definition) is 1. The average Bonchev–Trinajstić information content (AvgIpc) is 2.35. The van der Waals surface area contributed by atoms with Gasteiger partial charge in [0.05, 0.1) is 0 Å². The minimum atomic E-state index is 0.423. The van der Waals surface area contributed by atoms with E-state index in [1.54, 1.807) is 0 Å². The Morgan fingerprint density at radius 2 is 2.00 bits per heavy atom. The summed E-state index contributed by atoms with van der Waals surface area (Å²) in [5.74, 6) is 1.58. The lowest BCUT2D eigenvalue weighted by Crippen LogP contribution is -2.33. The zero-order chi connectivity index (χ0) is 12.5. The van der Waals surface area contributed by atoms with E-state index in [1.807, 2.05) is 0 Å². The SMILES string of the molecule is CCCCC(CC)CNCC1CCCCC1Cl. The molecule has 0 aromatic carbocycles. The molecule has 0 amide bonds. The molecule has 1 rings (SSSR count). The van der Waals surface area contributed by atoms with Crippen molar-refractivity contribution in [2.75, 3.05) is 13.1 Å². The van der Waals surface area contributed by atoms with Crippen molar-refractivity contribution in [2.45, 2.75) is 70.6 Å². The van der Waals surface area contributed by atoms with Crippen LogP contribution in [0.4, 0.5) is 0 Å². The number of unbranched alkanes of at least 4 members (excludes halogenated alkanes) is 1. The molecular weight excluding hydrogens is 230 g/mol. The lowest BCUT2D eigenvalue weighted by Gasteiger charge is -2.28. The quantitative estimate of drug-likeness (QED) is 0.629. The average molecular weight is 260 g/mol. The van der Waals surface area contributed by atoms with Gasteiger partial charge in [0.2, 0.25) is 0 Å². The van der Waals surface area contributed by atoms with E-state index in [1.165, 1.54) is 57.9 Å². The maximum absolute atomic E-state index is 6.38. The van der Waals surface area contributed by atoms with Gasteiger partial charge in [-0.2, -0.15) is 0 Å². The largest absolute Gasteiger partial charge is 0.316 e. The second-order valence-corrected chi connectivity index (χ2v) is 6.20. The molecule has 0 spiro atoms. The standard InChI is InChI=1S/C15H30ClN/c1-3-5-8-13(4-2)11-17-12-14-9-6-7-10-15(14)16/h13-15,17H,3-12H2,1-2H3. The Morgan fingerprint density at radius 3 is 2.65 bits per heavy atom. The van der Waals surface area contributed by atoms with Gasteiger partial charge in [0.25, 0.3) is 0 Å². The predicted molar refractivity (Wildman–Crippen MR) is 77.8 cm³/mol. The summed E-state index contributed by atoms with van der Waals surface area (Å²) < 4.78 is 0. The molecule has 1 N–H and O–H groups in total. The molecule has 1 nitrogen and oxygen atoms in total. The van der Waals surface area contributed by atoms with Gasteiger partial charge in [-0.15, -0.1) is 11.6 Å². The summed E-state index contributed by atoms with van der Waals surface area (Å²) in [6, 6.07) is 0. The first-order valence-corrected chi connectivity index (χ1v) is 8.06. The summed E-state index contributed by atoms with van der Waals surface area (Å²) in [6.45, 7) is 6.92. The van der Waals surface area contributed by atoms with Crippen molar-refractivity contribution in [3.63, 3.8) is 0 Å². The zero-order valence-electron chi connectivity index (χ0n) is 11.7. The highest BCUT2D eigenvalue weighted by Crippen LogP contribution is 2.28. The molecule has 0 heterocycles. The molecule has 2 heteroatoms. The number of alkyl halides is 1. The first-order valence-electron chi connectivity index (χ1n) is 7.62. The van der Waals surface area contributed by atoms with Crippen LogP contribution in [-0.2, 0) is 0 Å². The van der Waals surface area contributed by atoms with E-state index < -0.39 is 0 Å². The normalized spacial score (nSPS) is 27.0. The predicted octanol–water partition coefficient (Wildman–Crippen LogP) is 4.59. The van der Waals surface area contributed by atoms with Gasteiger partial charge in [-0.1, -0.05) is 46.0 Å². The van der Waals surface area contributed by atoms with E-state index >= 15 is 0 Å². The van der Waals surface area contributed by atoms with E-state index in [0.29, 0.717) is 11.3 Å². The van der Waals surface area contributed by atoms with Gasteiger partial charge >= 0.3 is 0 Å². The van der Waals surface area contributed by atoms with Gasteiger partial charge in [0, 0.05) is 5.38 Å². The fourth-order valence-corrected chi connectivity index (χ4v) is 3.18. The zero-order valence-corrected chi connectivity index (χ0v) is 12.4. The molecule has 102 valence electrons. The highest BCUT2D eigenvalue weighted by Gasteiger charge is 2.22. The Morgan fingerprint density at radius 1 is 1.24 bits per heavy atom. The van der Waals surface area contributed by atoms with Crippen molar-refractivity contribution in [1.82, 2.24) is 5.32 Å². The Kier molecular flexibility index (Phi) is 8.30. The number of rotatable bonds is 8. The lowest BCUT2D eigenvalue weighted by atomic mass is 9.88. The fourth-order valence-electron chi connectivity index (χ4n) is 2.81. The van der Waals surface area contributed by atoms with Gasteiger partial charge in [0.15, 0.2) is 0 Å². The van der Waals surface area contributed by atoms with E-state index in [4.69, 9.17) is 11.6 Å². The van der Waals surface area contributed by atoms with Crippen molar-refractivity contribution >= 4 is 11.6 Å². The molecule has 0 saturated heterocycles. The molecule has 3 atom stereocenters. The Bertz CT molecular complexity index is 184. The number of hydrogen-bond acceptors (Lipinski definition) is 1. The van der Waals surface area contributed by atoms with Crippen LogP contribution < -0.4 is 5.32 Å². The summed E-state index contributed by atoms with van der Waals surface area (Å²) in [4.78, 5) is 0. The smallest absolute Gasteiger partial charge is 0.0376 e. The Hall–Kier alpha value is 0.250. The third kappa shape index (κ3) is 6.10. The van der Waals surface area contributed by atoms with Crippen LogP contribution in [0.2, 0.25) is 0 Å². The summed E-state index contributed by atoms with van der Waals surface area (Å²) in [5.41, 5.74) is 0. The molecule has 17 heavy (non-hydrogen) atoms. The van der Waals surface area contributed by atoms with Crippen LogP contribution in [0.3, 0.4) is 0 Å². The molecule has 0 bridgehead atoms. The van der Waals surface area contributed by atoms with Crippen LogP contribution in [0.25, 0.3) is 0 Å². The van der Waals surface area contributed by atoms with Crippen LogP contribution in [0.1, 0.15) is 65.2 Å². The topological polar surface area (TPSA) is 12.0 Å². The van der Waals surface area contributed by atoms with Crippen molar-refractivity contribution in [3.05, 3.63) is 0 Å². The van der Waals surface area contributed by atoms with Crippen LogP contribution in [0.15, 0.2) is 0 Å². The summed E-state index contributed by atoms with van der Waals surface area (Å²) in [5, 5.41) is 4.08. The third-order valence-electron chi connectivity index (χ3n) is 4.20. The van der Waals surface area contributed by atoms with Crippen LogP contribution in [0, 0.1) is 11.8 Å². The molecule has 1 saturated carbocycles. The van der Waals surface area contributed by atoms with Gasteiger partial charge in [-0.3, -0.25) is 0 Å². The van der Waals surface area contributed by atoms with Gasteiger partial charge in [-0.25, -0.2) is 0 Å². The second kappa shape index (κ2) is 9.22. The minimum Gasteiger partial charge on any atom is -0.316 e. The molecule has 1 aliphatic carbocycles. The minimum absolute atomic E-state index is 0.423. The molecule has 0 radical (unpaired) electrons.